The molecule has 2 heteroatoms. The minimum atomic E-state index is 0.673. The molecule has 0 saturated carbocycles. The number of hydrogen-bond donors (Lipinski definition) is 0. The second-order valence-corrected chi connectivity index (χ2v) is 6.42. The summed E-state index contributed by atoms with van der Waals surface area (Å²) in [6.07, 6.45) is 24.1. The molecule has 0 aliphatic rings. The Morgan fingerprint density at radius 3 is 1.90 bits per heavy atom. The molecule has 1 rings (SSSR count). The molecule has 0 aliphatic carbocycles. The maximum absolute atomic E-state index is 4.19. The number of hydrogen-bond acceptors (Lipinski definition) is 1. The zero-order valence-electron chi connectivity index (χ0n) is 14.4. The van der Waals surface area contributed by atoms with Gasteiger partial charge in [0.1, 0.15) is 0 Å². The third-order valence-corrected chi connectivity index (χ3v) is 4.46. The molecule has 1 aromatic rings. The van der Waals surface area contributed by atoms with E-state index in [0.29, 0.717) is 6.04 Å². The van der Waals surface area contributed by atoms with Crippen LogP contribution in [0.25, 0.3) is 0 Å². The molecule has 0 amide bonds. The van der Waals surface area contributed by atoms with Crippen LogP contribution in [0.2, 0.25) is 0 Å². The Labute approximate surface area is 132 Å². The Balaban J connectivity index is 1.97. The van der Waals surface area contributed by atoms with Crippen LogP contribution < -0.4 is 0 Å². The van der Waals surface area contributed by atoms with Gasteiger partial charge in [-0.15, -0.1) is 0 Å². The molecular formula is C19H36N2. The predicted octanol–water partition coefficient (Wildman–Crippen LogP) is 6.54. The van der Waals surface area contributed by atoms with E-state index in [0.717, 1.165) is 0 Å². The lowest BCUT2D eigenvalue weighted by Crippen LogP contribution is -2.06. The van der Waals surface area contributed by atoms with Gasteiger partial charge in [-0.25, -0.2) is 4.98 Å². The van der Waals surface area contributed by atoms with Crippen molar-refractivity contribution in [1.29, 1.82) is 0 Å². The summed E-state index contributed by atoms with van der Waals surface area (Å²) in [4.78, 5) is 4.19. The predicted molar refractivity (Wildman–Crippen MR) is 92.6 cm³/mol. The maximum Gasteiger partial charge on any atom is 0.0948 e. The van der Waals surface area contributed by atoms with Gasteiger partial charge in [-0.1, -0.05) is 84.5 Å². The van der Waals surface area contributed by atoms with E-state index in [1.54, 1.807) is 0 Å². The first-order valence-electron chi connectivity index (χ1n) is 9.36. The van der Waals surface area contributed by atoms with Crippen molar-refractivity contribution in [1.82, 2.24) is 9.55 Å². The smallest absolute Gasteiger partial charge is 0.0948 e. The zero-order chi connectivity index (χ0) is 15.2. The monoisotopic (exact) mass is 292 g/mol. The van der Waals surface area contributed by atoms with E-state index < -0.39 is 0 Å². The van der Waals surface area contributed by atoms with Gasteiger partial charge in [0.15, 0.2) is 0 Å². The molecule has 0 aliphatic heterocycles. The van der Waals surface area contributed by atoms with Crippen molar-refractivity contribution in [2.45, 2.75) is 103 Å². The summed E-state index contributed by atoms with van der Waals surface area (Å²) in [5, 5.41) is 0. The molecule has 122 valence electrons. The summed E-state index contributed by atoms with van der Waals surface area (Å²) in [5.74, 6) is 0. The second-order valence-electron chi connectivity index (χ2n) is 6.42. The maximum atomic E-state index is 4.19. The van der Waals surface area contributed by atoms with Crippen LogP contribution in [-0.4, -0.2) is 9.55 Å². The van der Waals surface area contributed by atoms with E-state index in [1.807, 2.05) is 12.5 Å². The number of unbranched alkanes of at least 4 members (excludes halogenated alkanes) is 9. The van der Waals surface area contributed by atoms with E-state index >= 15 is 0 Å². The molecule has 2 nitrogen and oxygen atoms in total. The van der Waals surface area contributed by atoms with Gasteiger partial charge in [0.25, 0.3) is 0 Å². The van der Waals surface area contributed by atoms with Crippen molar-refractivity contribution < 1.29 is 0 Å². The van der Waals surface area contributed by atoms with Crippen LogP contribution in [0.5, 0.6) is 0 Å². The zero-order valence-corrected chi connectivity index (χ0v) is 14.4. The van der Waals surface area contributed by atoms with Gasteiger partial charge >= 0.3 is 0 Å². The Bertz CT molecular complexity index is 305. The van der Waals surface area contributed by atoms with Gasteiger partial charge in [-0.2, -0.15) is 0 Å². The van der Waals surface area contributed by atoms with Gasteiger partial charge in [-0.05, 0) is 12.8 Å². The second kappa shape index (κ2) is 12.9. The van der Waals surface area contributed by atoms with Crippen molar-refractivity contribution in [2.24, 2.45) is 0 Å². The molecule has 0 N–H and O–H groups in total. The number of nitrogens with zero attached hydrogens (tertiary/aromatic N) is 2. The average molecular weight is 293 g/mol. The van der Waals surface area contributed by atoms with E-state index in [4.69, 9.17) is 0 Å². The quantitative estimate of drug-likeness (QED) is 0.356. The SMILES string of the molecule is CCCCCCCCCCCCC(CCC)n1ccnc1. The van der Waals surface area contributed by atoms with E-state index in [-0.39, 0.29) is 0 Å². The largest absolute Gasteiger partial charge is 0.334 e. The summed E-state index contributed by atoms with van der Waals surface area (Å²) in [5.41, 5.74) is 0. The van der Waals surface area contributed by atoms with Crippen molar-refractivity contribution in [3.05, 3.63) is 18.7 Å². The highest BCUT2D eigenvalue weighted by atomic mass is 15.0. The lowest BCUT2D eigenvalue weighted by Gasteiger charge is -2.17. The molecule has 0 bridgehead atoms. The molecule has 0 fully saturated rings. The molecule has 1 unspecified atom stereocenters. The third-order valence-electron chi connectivity index (χ3n) is 4.46. The van der Waals surface area contributed by atoms with Crippen molar-refractivity contribution in [3.8, 4) is 0 Å². The van der Waals surface area contributed by atoms with Crippen LogP contribution in [0.4, 0.5) is 0 Å². The Hall–Kier alpha value is -0.790. The van der Waals surface area contributed by atoms with Crippen LogP contribution in [0.15, 0.2) is 18.7 Å². The van der Waals surface area contributed by atoms with Crippen LogP contribution in [0.3, 0.4) is 0 Å². The Morgan fingerprint density at radius 1 is 0.762 bits per heavy atom. The molecule has 0 radical (unpaired) electrons. The van der Waals surface area contributed by atoms with Gasteiger partial charge in [0.05, 0.1) is 6.33 Å². The molecule has 0 spiro atoms. The topological polar surface area (TPSA) is 17.8 Å². The first-order valence-corrected chi connectivity index (χ1v) is 9.36. The highest BCUT2D eigenvalue weighted by molar-refractivity contribution is 4.80. The van der Waals surface area contributed by atoms with E-state index in [1.165, 1.54) is 83.5 Å². The van der Waals surface area contributed by atoms with Crippen LogP contribution in [0, 0.1) is 0 Å². The standard InChI is InChI=1S/C19H36N2/c1-3-5-6-7-8-9-10-11-12-13-15-19(14-4-2)21-17-16-20-18-21/h16-19H,3-15H2,1-2H3. The summed E-state index contributed by atoms with van der Waals surface area (Å²) >= 11 is 0. The fourth-order valence-electron chi connectivity index (χ4n) is 3.13. The lowest BCUT2D eigenvalue weighted by atomic mass is 10.0. The summed E-state index contributed by atoms with van der Waals surface area (Å²) in [6.45, 7) is 4.57. The normalized spacial score (nSPS) is 12.7. The van der Waals surface area contributed by atoms with E-state index in [2.05, 4.69) is 29.6 Å². The van der Waals surface area contributed by atoms with Crippen LogP contribution in [-0.2, 0) is 0 Å². The Kier molecular flexibility index (Phi) is 11.2. The summed E-state index contributed by atoms with van der Waals surface area (Å²) in [7, 11) is 0. The molecule has 0 aromatic carbocycles. The lowest BCUT2D eigenvalue weighted by molar-refractivity contribution is 0.407. The van der Waals surface area contributed by atoms with Gasteiger partial charge in [0, 0.05) is 18.4 Å². The first-order chi connectivity index (χ1) is 10.4. The highest BCUT2D eigenvalue weighted by Crippen LogP contribution is 2.21. The molecule has 1 heterocycles. The van der Waals surface area contributed by atoms with Gasteiger partial charge < -0.3 is 4.57 Å². The van der Waals surface area contributed by atoms with Crippen LogP contribution >= 0.6 is 0 Å². The first kappa shape index (κ1) is 18.3. The van der Waals surface area contributed by atoms with Gasteiger partial charge in [0.2, 0.25) is 0 Å². The number of aromatic nitrogens is 2. The van der Waals surface area contributed by atoms with Crippen molar-refractivity contribution in [3.63, 3.8) is 0 Å². The number of rotatable bonds is 14. The molecule has 21 heavy (non-hydrogen) atoms. The fraction of sp³-hybridized carbons (Fsp3) is 0.842. The van der Waals surface area contributed by atoms with E-state index in [9.17, 15) is 0 Å². The van der Waals surface area contributed by atoms with Crippen molar-refractivity contribution >= 4 is 0 Å². The fourth-order valence-corrected chi connectivity index (χ4v) is 3.13. The average Bonchev–Trinajstić information content (AvgIpc) is 3.02. The van der Waals surface area contributed by atoms with Crippen LogP contribution in [0.1, 0.15) is 103 Å². The highest BCUT2D eigenvalue weighted by Gasteiger charge is 2.08. The summed E-state index contributed by atoms with van der Waals surface area (Å²) < 4.78 is 2.30. The summed E-state index contributed by atoms with van der Waals surface area (Å²) in [6, 6.07) is 0.673. The minimum absolute atomic E-state index is 0.673. The minimum Gasteiger partial charge on any atom is -0.334 e. The number of imidazole rings is 1. The Morgan fingerprint density at radius 2 is 1.38 bits per heavy atom. The molecule has 1 aromatic heterocycles. The molecular weight excluding hydrogens is 256 g/mol. The third kappa shape index (κ3) is 8.95. The van der Waals surface area contributed by atoms with Crippen molar-refractivity contribution in [2.75, 3.05) is 0 Å². The van der Waals surface area contributed by atoms with Gasteiger partial charge in [-0.3, -0.25) is 0 Å². The molecule has 0 saturated heterocycles. The molecule has 1 atom stereocenters.